The smallest absolute Gasteiger partial charge is 0.242 e. The van der Waals surface area contributed by atoms with Crippen LogP contribution in [0.15, 0.2) is 57.2 Å². The van der Waals surface area contributed by atoms with E-state index in [0.717, 1.165) is 21.2 Å². The molecule has 0 saturated heterocycles. The predicted octanol–water partition coefficient (Wildman–Crippen LogP) is 2.92. The number of sulfonamides is 1. The average Bonchev–Trinajstić information content (AvgIpc) is 2.57. The largest absolute Gasteiger partial charge is 0.396 e. The van der Waals surface area contributed by atoms with E-state index in [1.54, 1.807) is 23.9 Å². The summed E-state index contributed by atoms with van der Waals surface area (Å²) in [5, 5.41) is 9.19. The van der Waals surface area contributed by atoms with Crippen molar-refractivity contribution < 1.29 is 13.5 Å². The molecular weight excluding hydrogens is 344 g/mol. The highest BCUT2D eigenvalue weighted by molar-refractivity contribution is 7.99. The molecule has 3 rings (SSSR count). The van der Waals surface area contributed by atoms with Crippen molar-refractivity contribution in [2.24, 2.45) is 0 Å². The summed E-state index contributed by atoms with van der Waals surface area (Å²) < 4.78 is 26.0. The summed E-state index contributed by atoms with van der Waals surface area (Å²) in [7, 11) is -0.396. The molecule has 128 valence electrons. The van der Waals surface area contributed by atoms with E-state index in [2.05, 4.69) is 4.90 Å². The molecule has 24 heavy (non-hydrogen) atoms. The molecule has 0 amide bonds. The highest BCUT2D eigenvalue weighted by atomic mass is 32.2. The van der Waals surface area contributed by atoms with Gasteiger partial charge in [-0.15, -0.1) is 0 Å². The Morgan fingerprint density at radius 3 is 2.50 bits per heavy atom. The fourth-order valence-corrected chi connectivity index (χ4v) is 4.79. The molecule has 2 aromatic rings. The second-order valence-corrected chi connectivity index (χ2v) is 8.95. The van der Waals surface area contributed by atoms with Gasteiger partial charge in [0.1, 0.15) is 0 Å². The topological polar surface area (TPSA) is 60.9 Å². The van der Waals surface area contributed by atoms with E-state index in [4.69, 9.17) is 0 Å². The summed E-state index contributed by atoms with van der Waals surface area (Å²) in [4.78, 5) is 4.43. The maximum atomic E-state index is 12.4. The number of anilines is 2. The van der Waals surface area contributed by atoms with Crippen molar-refractivity contribution in [3.05, 3.63) is 42.5 Å². The zero-order valence-electron chi connectivity index (χ0n) is 13.6. The minimum absolute atomic E-state index is 0.119. The Labute approximate surface area is 147 Å². The normalized spacial score (nSPS) is 13.8. The van der Waals surface area contributed by atoms with Crippen LogP contribution in [0.4, 0.5) is 11.4 Å². The van der Waals surface area contributed by atoms with Gasteiger partial charge in [0.05, 0.1) is 16.3 Å². The lowest BCUT2D eigenvalue weighted by Gasteiger charge is -2.33. The minimum Gasteiger partial charge on any atom is -0.396 e. The number of fused-ring (bicyclic) bond motifs is 2. The molecular formula is C17H20N2O3S2. The molecule has 1 N–H and O–H groups in total. The molecule has 2 aromatic carbocycles. The molecule has 0 fully saturated rings. The van der Waals surface area contributed by atoms with E-state index in [1.165, 1.54) is 18.4 Å². The molecule has 0 atom stereocenters. The first-order chi connectivity index (χ1) is 11.4. The third kappa shape index (κ3) is 3.04. The summed E-state index contributed by atoms with van der Waals surface area (Å²) in [6, 6.07) is 13.3. The maximum absolute atomic E-state index is 12.4. The van der Waals surface area contributed by atoms with Crippen LogP contribution in [0.25, 0.3) is 0 Å². The molecule has 0 saturated carbocycles. The Hall–Kier alpha value is -1.54. The van der Waals surface area contributed by atoms with E-state index in [-0.39, 0.29) is 6.61 Å². The Bertz CT molecular complexity index is 851. The Balaban J connectivity index is 2.08. The van der Waals surface area contributed by atoms with Crippen LogP contribution in [-0.4, -0.2) is 45.1 Å². The predicted molar refractivity (Wildman–Crippen MR) is 96.6 cm³/mol. The van der Waals surface area contributed by atoms with Crippen LogP contribution in [-0.2, 0) is 10.0 Å². The maximum Gasteiger partial charge on any atom is 0.242 e. The summed E-state index contributed by atoms with van der Waals surface area (Å²) in [6.07, 6.45) is 0.649. The van der Waals surface area contributed by atoms with Gasteiger partial charge >= 0.3 is 0 Å². The minimum atomic E-state index is -3.46. The number of benzene rings is 2. The third-order valence-corrected chi connectivity index (χ3v) is 6.84. The second kappa shape index (κ2) is 6.76. The van der Waals surface area contributed by atoms with Gasteiger partial charge in [-0.1, -0.05) is 23.9 Å². The first-order valence-electron chi connectivity index (χ1n) is 7.67. The summed E-state index contributed by atoms with van der Waals surface area (Å²) in [5.41, 5.74) is 2.07. The van der Waals surface area contributed by atoms with Gasteiger partial charge in [-0.2, -0.15) is 0 Å². The Kier molecular flexibility index (Phi) is 4.87. The van der Waals surface area contributed by atoms with Gasteiger partial charge in [-0.3, -0.25) is 0 Å². The molecule has 5 nitrogen and oxygen atoms in total. The van der Waals surface area contributed by atoms with Gasteiger partial charge < -0.3 is 10.0 Å². The molecule has 0 radical (unpaired) electrons. The van der Waals surface area contributed by atoms with Crippen LogP contribution < -0.4 is 4.90 Å². The highest BCUT2D eigenvalue weighted by Crippen LogP contribution is 2.48. The van der Waals surface area contributed by atoms with Gasteiger partial charge in [-0.25, -0.2) is 12.7 Å². The van der Waals surface area contributed by atoms with Crippen molar-refractivity contribution in [3.63, 3.8) is 0 Å². The van der Waals surface area contributed by atoms with Crippen LogP contribution in [0.3, 0.4) is 0 Å². The monoisotopic (exact) mass is 364 g/mol. The van der Waals surface area contributed by atoms with E-state index < -0.39 is 10.0 Å². The third-order valence-electron chi connectivity index (χ3n) is 3.92. The lowest BCUT2D eigenvalue weighted by atomic mass is 10.2. The van der Waals surface area contributed by atoms with Crippen molar-refractivity contribution >= 4 is 33.2 Å². The standard InChI is InChI=1S/C17H20N2O3S2/c1-18(2)24(21,22)13-8-9-15-17(12-13)23-16-7-4-3-6-14(16)19(15)10-5-11-20/h3-4,6-9,12,20H,5,10-11H2,1-2H3. The number of para-hydroxylation sites is 1. The number of aliphatic hydroxyl groups excluding tert-OH is 1. The van der Waals surface area contributed by atoms with Crippen molar-refractivity contribution in [3.8, 4) is 0 Å². The van der Waals surface area contributed by atoms with Crippen LogP contribution in [0.1, 0.15) is 6.42 Å². The van der Waals surface area contributed by atoms with E-state index in [1.807, 2.05) is 30.3 Å². The fourth-order valence-electron chi connectivity index (χ4n) is 2.65. The zero-order chi connectivity index (χ0) is 17.3. The van der Waals surface area contributed by atoms with Crippen molar-refractivity contribution in [1.82, 2.24) is 4.31 Å². The summed E-state index contributed by atoms with van der Waals surface area (Å²) in [5.74, 6) is 0. The Morgan fingerprint density at radius 1 is 1.08 bits per heavy atom. The summed E-state index contributed by atoms with van der Waals surface area (Å²) in [6.45, 7) is 0.801. The average molecular weight is 364 g/mol. The summed E-state index contributed by atoms with van der Waals surface area (Å²) >= 11 is 1.57. The lowest BCUT2D eigenvalue weighted by Crippen LogP contribution is -2.24. The van der Waals surface area contributed by atoms with Crippen molar-refractivity contribution in [2.75, 3.05) is 32.1 Å². The van der Waals surface area contributed by atoms with Crippen LogP contribution in [0.2, 0.25) is 0 Å². The highest BCUT2D eigenvalue weighted by Gasteiger charge is 2.26. The first kappa shape index (κ1) is 17.3. The molecule has 1 heterocycles. The van der Waals surface area contributed by atoms with Crippen molar-refractivity contribution in [1.29, 1.82) is 0 Å². The lowest BCUT2D eigenvalue weighted by molar-refractivity contribution is 0.290. The molecule has 0 spiro atoms. The number of aliphatic hydroxyl groups is 1. The molecule has 0 aromatic heterocycles. The van der Waals surface area contributed by atoms with Crippen LogP contribution in [0.5, 0.6) is 0 Å². The van der Waals surface area contributed by atoms with Crippen LogP contribution in [0, 0.1) is 0 Å². The number of hydrogen-bond donors (Lipinski definition) is 1. The van der Waals surface area contributed by atoms with E-state index in [0.29, 0.717) is 17.9 Å². The van der Waals surface area contributed by atoms with Gasteiger partial charge in [0.25, 0.3) is 0 Å². The second-order valence-electron chi connectivity index (χ2n) is 5.72. The Morgan fingerprint density at radius 2 is 1.79 bits per heavy atom. The zero-order valence-corrected chi connectivity index (χ0v) is 15.3. The fraction of sp³-hybridized carbons (Fsp3) is 0.294. The van der Waals surface area contributed by atoms with Crippen LogP contribution >= 0.6 is 11.8 Å². The number of rotatable bonds is 5. The van der Waals surface area contributed by atoms with Crippen molar-refractivity contribution in [2.45, 2.75) is 21.1 Å². The molecule has 1 aliphatic heterocycles. The molecule has 7 heteroatoms. The molecule has 0 bridgehead atoms. The molecule has 1 aliphatic rings. The SMILES string of the molecule is CN(C)S(=O)(=O)c1ccc2c(c1)Sc1ccccc1N2CCCO. The van der Waals surface area contributed by atoms with Gasteiger partial charge in [0.15, 0.2) is 0 Å². The van der Waals surface area contributed by atoms with Gasteiger partial charge in [-0.05, 0) is 36.8 Å². The molecule has 0 aliphatic carbocycles. The molecule has 0 unspecified atom stereocenters. The quantitative estimate of drug-likeness (QED) is 0.884. The van der Waals surface area contributed by atoms with E-state index >= 15 is 0 Å². The number of hydrogen-bond acceptors (Lipinski definition) is 5. The van der Waals surface area contributed by atoms with Gasteiger partial charge in [0, 0.05) is 37.0 Å². The van der Waals surface area contributed by atoms with E-state index in [9.17, 15) is 13.5 Å². The van der Waals surface area contributed by atoms with Gasteiger partial charge in [0.2, 0.25) is 10.0 Å². The number of nitrogens with zero attached hydrogens (tertiary/aromatic N) is 2. The first-order valence-corrected chi connectivity index (χ1v) is 9.92.